The second kappa shape index (κ2) is 6.90. The van der Waals surface area contributed by atoms with Crippen LogP contribution < -0.4 is 15.8 Å². The summed E-state index contributed by atoms with van der Waals surface area (Å²) < 4.78 is 5.70. The topological polar surface area (TPSA) is 119 Å². The number of nitrogens with one attached hydrogen (secondary N) is 2. The molecule has 0 saturated carbocycles. The third-order valence-electron chi connectivity index (χ3n) is 4.94. The van der Waals surface area contributed by atoms with Gasteiger partial charge in [0.15, 0.2) is 5.82 Å². The average molecular weight is 386 g/mol. The third kappa shape index (κ3) is 3.04. The highest BCUT2D eigenvalue weighted by molar-refractivity contribution is 6.07. The molecule has 1 amide bonds. The summed E-state index contributed by atoms with van der Waals surface area (Å²) >= 11 is 0. The Morgan fingerprint density at radius 3 is 2.83 bits per heavy atom. The number of carbonyl (C=O) groups is 1. The number of nitrogens with zero attached hydrogens (tertiary/aromatic N) is 3. The Morgan fingerprint density at radius 1 is 1.14 bits per heavy atom. The lowest BCUT2D eigenvalue weighted by Crippen LogP contribution is -2.11. The fraction of sp³-hybridized carbons (Fsp3) is 0.143. The Balaban J connectivity index is 1.57. The van der Waals surface area contributed by atoms with E-state index >= 15 is 0 Å². The summed E-state index contributed by atoms with van der Waals surface area (Å²) in [5.74, 6) is 1.22. The molecule has 2 aromatic heterocycles. The van der Waals surface area contributed by atoms with Crippen LogP contribution in [0.5, 0.6) is 5.88 Å². The van der Waals surface area contributed by atoms with Crippen LogP contribution in [-0.2, 0) is 13.0 Å². The number of ether oxygens (including phenoxy) is 1. The van der Waals surface area contributed by atoms with E-state index < -0.39 is 5.91 Å². The largest absolute Gasteiger partial charge is 0.477 e. The second-order valence-electron chi connectivity index (χ2n) is 6.78. The number of amides is 1. The first-order chi connectivity index (χ1) is 14.2. The van der Waals surface area contributed by atoms with Gasteiger partial charge in [-0.2, -0.15) is 10.1 Å². The number of para-hydroxylation sites is 1. The van der Waals surface area contributed by atoms with Gasteiger partial charge < -0.3 is 15.8 Å². The van der Waals surface area contributed by atoms with Crippen molar-refractivity contribution < 1.29 is 9.53 Å². The minimum Gasteiger partial charge on any atom is -0.477 e. The van der Waals surface area contributed by atoms with Crippen molar-refractivity contribution in [1.82, 2.24) is 20.2 Å². The molecule has 2 aromatic carbocycles. The van der Waals surface area contributed by atoms with Gasteiger partial charge in [-0.3, -0.25) is 9.89 Å². The molecule has 0 bridgehead atoms. The number of H-pyrrole nitrogens is 1. The number of aromatic nitrogens is 4. The molecule has 0 aliphatic carbocycles. The molecule has 8 nitrogen and oxygen atoms in total. The van der Waals surface area contributed by atoms with Crippen LogP contribution >= 0.6 is 0 Å². The molecular formula is C21H18N6O2. The summed E-state index contributed by atoms with van der Waals surface area (Å²) in [6.45, 7) is 1.21. The van der Waals surface area contributed by atoms with E-state index in [1.54, 1.807) is 12.1 Å². The van der Waals surface area contributed by atoms with Crippen LogP contribution in [0.4, 0.5) is 5.82 Å². The van der Waals surface area contributed by atoms with E-state index in [2.05, 4.69) is 32.6 Å². The van der Waals surface area contributed by atoms with Crippen molar-refractivity contribution in [1.29, 1.82) is 0 Å². The van der Waals surface area contributed by atoms with E-state index in [9.17, 15) is 4.79 Å². The molecule has 0 unspecified atom stereocenters. The van der Waals surface area contributed by atoms with Crippen LogP contribution in [0.15, 0.2) is 48.5 Å². The monoisotopic (exact) mass is 386 g/mol. The van der Waals surface area contributed by atoms with Gasteiger partial charge in [-0.25, -0.2) is 4.98 Å². The molecule has 0 atom stereocenters. The lowest BCUT2D eigenvalue weighted by atomic mass is 10.1. The van der Waals surface area contributed by atoms with E-state index in [1.165, 1.54) is 0 Å². The fourth-order valence-corrected chi connectivity index (χ4v) is 3.50. The lowest BCUT2D eigenvalue weighted by Gasteiger charge is -2.11. The molecule has 3 heterocycles. The molecular weight excluding hydrogens is 368 g/mol. The first-order valence-electron chi connectivity index (χ1n) is 9.29. The minimum absolute atomic E-state index is 0.352. The van der Waals surface area contributed by atoms with Crippen LogP contribution in [0.25, 0.3) is 22.4 Å². The van der Waals surface area contributed by atoms with E-state index in [0.29, 0.717) is 41.6 Å². The molecule has 8 heteroatoms. The molecule has 144 valence electrons. The molecule has 29 heavy (non-hydrogen) atoms. The van der Waals surface area contributed by atoms with Crippen molar-refractivity contribution in [3.63, 3.8) is 0 Å². The Bertz CT molecular complexity index is 1220. The first-order valence-corrected chi connectivity index (χ1v) is 9.29. The summed E-state index contributed by atoms with van der Waals surface area (Å²) in [4.78, 5) is 21.0. The number of nitrogens with two attached hydrogens (primary N) is 1. The lowest BCUT2D eigenvalue weighted by molar-refractivity contribution is 0.100. The number of fused-ring (bicyclic) bond motifs is 2. The Hall–Kier alpha value is -3.94. The highest BCUT2D eigenvalue weighted by Gasteiger charge is 2.23. The maximum Gasteiger partial charge on any atom is 0.250 e. The maximum atomic E-state index is 11.7. The van der Waals surface area contributed by atoms with Crippen molar-refractivity contribution in [3.05, 3.63) is 65.2 Å². The normalized spacial score (nSPS) is 12.6. The second-order valence-corrected chi connectivity index (χ2v) is 6.78. The third-order valence-corrected chi connectivity index (χ3v) is 4.94. The number of carbonyl (C=O) groups excluding carboxylic acids is 1. The Labute approximate surface area is 166 Å². The number of aromatic amines is 1. The van der Waals surface area contributed by atoms with Crippen molar-refractivity contribution in [2.75, 3.05) is 11.9 Å². The Morgan fingerprint density at radius 2 is 2.00 bits per heavy atom. The smallest absolute Gasteiger partial charge is 0.250 e. The molecule has 1 aliphatic heterocycles. The first kappa shape index (κ1) is 17.2. The van der Waals surface area contributed by atoms with E-state index in [-0.39, 0.29) is 0 Å². The maximum absolute atomic E-state index is 11.7. The van der Waals surface area contributed by atoms with Gasteiger partial charge in [-0.1, -0.05) is 42.5 Å². The molecule has 0 spiro atoms. The SMILES string of the molecule is NC(=O)c1cccc2c(-c3nc(NCc4ccccc4)c4c(n3)OCC4)[nH]nc12. The van der Waals surface area contributed by atoms with E-state index in [1.807, 2.05) is 24.3 Å². The zero-order chi connectivity index (χ0) is 19.8. The minimum atomic E-state index is -0.530. The van der Waals surface area contributed by atoms with Gasteiger partial charge in [0.05, 0.1) is 17.7 Å². The number of rotatable bonds is 5. The Kier molecular flexibility index (Phi) is 4.09. The van der Waals surface area contributed by atoms with Gasteiger partial charge in [0.1, 0.15) is 17.0 Å². The zero-order valence-electron chi connectivity index (χ0n) is 15.5. The fourth-order valence-electron chi connectivity index (χ4n) is 3.50. The van der Waals surface area contributed by atoms with Gasteiger partial charge in [0, 0.05) is 18.4 Å². The number of hydrogen-bond donors (Lipinski definition) is 3. The summed E-state index contributed by atoms with van der Waals surface area (Å²) in [7, 11) is 0. The van der Waals surface area contributed by atoms with Gasteiger partial charge in [-0.05, 0) is 11.6 Å². The summed E-state index contributed by atoms with van der Waals surface area (Å²) in [6.07, 6.45) is 0.752. The molecule has 0 saturated heterocycles. The summed E-state index contributed by atoms with van der Waals surface area (Å²) in [6, 6.07) is 15.4. The van der Waals surface area contributed by atoms with Gasteiger partial charge in [0.2, 0.25) is 5.88 Å². The number of anilines is 1. The van der Waals surface area contributed by atoms with Crippen LogP contribution in [0, 0.1) is 0 Å². The van der Waals surface area contributed by atoms with Crippen LogP contribution in [0.3, 0.4) is 0 Å². The number of hydrogen-bond acceptors (Lipinski definition) is 6. The number of primary amides is 1. The molecule has 4 N–H and O–H groups in total. The van der Waals surface area contributed by atoms with Crippen LogP contribution in [-0.4, -0.2) is 32.7 Å². The van der Waals surface area contributed by atoms with Crippen molar-refractivity contribution >= 4 is 22.6 Å². The van der Waals surface area contributed by atoms with Gasteiger partial charge >= 0.3 is 0 Å². The van der Waals surface area contributed by atoms with Crippen LogP contribution in [0.1, 0.15) is 21.5 Å². The molecule has 0 radical (unpaired) electrons. The van der Waals surface area contributed by atoms with E-state index in [4.69, 9.17) is 15.5 Å². The van der Waals surface area contributed by atoms with Crippen molar-refractivity contribution in [2.24, 2.45) is 5.73 Å². The molecule has 4 aromatic rings. The molecule has 0 fully saturated rings. The molecule has 5 rings (SSSR count). The van der Waals surface area contributed by atoms with Gasteiger partial charge in [-0.15, -0.1) is 0 Å². The highest BCUT2D eigenvalue weighted by Crippen LogP contribution is 2.33. The highest BCUT2D eigenvalue weighted by atomic mass is 16.5. The quantitative estimate of drug-likeness (QED) is 0.485. The zero-order valence-corrected chi connectivity index (χ0v) is 15.5. The van der Waals surface area contributed by atoms with Crippen LogP contribution in [0.2, 0.25) is 0 Å². The van der Waals surface area contributed by atoms with Crippen molar-refractivity contribution in [2.45, 2.75) is 13.0 Å². The summed E-state index contributed by atoms with van der Waals surface area (Å²) in [5, 5.41) is 11.3. The predicted molar refractivity (Wildman–Crippen MR) is 109 cm³/mol. The van der Waals surface area contributed by atoms with E-state index in [0.717, 1.165) is 28.8 Å². The summed E-state index contributed by atoms with van der Waals surface area (Å²) in [5.41, 5.74) is 9.05. The number of benzene rings is 2. The van der Waals surface area contributed by atoms with Gasteiger partial charge in [0.25, 0.3) is 5.91 Å². The standard InChI is InChI=1S/C21H18N6O2/c22-18(28)14-8-4-7-13-16(14)26-27-17(13)20-24-19(15-9-10-29-21(15)25-20)23-11-12-5-2-1-3-6-12/h1-8H,9-11H2,(H2,22,28)(H,26,27)(H,23,24,25). The predicted octanol–water partition coefficient (Wildman–Crippen LogP) is 2.67. The molecule has 1 aliphatic rings. The van der Waals surface area contributed by atoms with Crippen molar-refractivity contribution in [3.8, 4) is 17.4 Å². The average Bonchev–Trinajstić information content (AvgIpc) is 3.39.